The summed E-state index contributed by atoms with van der Waals surface area (Å²) in [6.07, 6.45) is 0.665. The first kappa shape index (κ1) is 14.1. The van der Waals surface area contributed by atoms with Gasteiger partial charge >= 0.3 is 0 Å². The van der Waals surface area contributed by atoms with Crippen LogP contribution in [-0.4, -0.2) is 26.0 Å². The van der Waals surface area contributed by atoms with Crippen molar-refractivity contribution in [3.8, 4) is 0 Å². The van der Waals surface area contributed by atoms with E-state index in [9.17, 15) is 8.42 Å². The Morgan fingerprint density at radius 3 is 2.67 bits per heavy atom. The largest absolute Gasteiger partial charge is 0.306 e. The van der Waals surface area contributed by atoms with E-state index in [4.69, 9.17) is 23.2 Å². The number of sulfone groups is 1. The zero-order valence-corrected chi connectivity index (χ0v) is 12.3. The minimum absolute atomic E-state index is 0.00747. The number of hydrogen-bond donors (Lipinski definition) is 1. The Balaban J connectivity index is 2.06. The average molecular weight is 308 g/mol. The lowest BCUT2D eigenvalue weighted by Gasteiger charge is -2.19. The van der Waals surface area contributed by atoms with Gasteiger partial charge in [0.2, 0.25) is 0 Å². The number of hydrogen-bond acceptors (Lipinski definition) is 3. The van der Waals surface area contributed by atoms with Gasteiger partial charge in [-0.25, -0.2) is 8.42 Å². The molecular formula is C12H15Cl2NO2S. The van der Waals surface area contributed by atoms with E-state index in [-0.39, 0.29) is 23.6 Å². The van der Waals surface area contributed by atoms with Crippen LogP contribution in [0.3, 0.4) is 0 Å². The van der Waals surface area contributed by atoms with Crippen molar-refractivity contribution in [1.82, 2.24) is 5.32 Å². The Morgan fingerprint density at radius 1 is 1.39 bits per heavy atom. The fourth-order valence-corrected chi connectivity index (χ4v) is 4.48. The summed E-state index contributed by atoms with van der Waals surface area (Å²) in [4.78, 5) is 0. The molecule has 1 aromatic rings. The standard InChI is InChI=1S/C12H15Cl2NO2S/c1-8(11-3-2-9(13)6-12(11)14)15-10-4-5-18(16,17)7-10/h2-3,6,8,10,15H,4-5,7H2,1H3. The predicted molar refractivity (Wildman–Crippen MR) is 75.1 cm³/mol. The summed E-state index contributed by atoms with van der Waals surface area (Å²) in [5.41, 5.74) is 0.936. The van der Waals surface area contributed by atoms with Crippen molar-refractivity contribution in [2.45, 2.75) is 25.4 Å². The Morgan fingerprint density at radius 2 is 2.11 bits per heavy atom. The fourth-order valence-electron chi connectivity index (χ4n) is 2.22. The van der Waals surface area contributed by atoms with Crippen molar-refractivity contribution in [3.63, 3.8) is 0 Å². The van der Waals surface area contributed by atoms with E-state index in [1.807, 2.05) is 13.0 Å². The lowest BCUT2D eigenvalue weighted by molar-refractivity contribution is 0.485. The molecule has 2 atom stereocenters. The summed E-state index contributed by atoms with van der Waals surface area (Å²) in [5, 5.41) is 4.50. The molecule has 1 aliphatic rings. The first-order valence-electron chi connectivity index (χ1n) is 5.79. The average Bonchev–Trinajstić information content (AvgIpc) is 2.57. The van der Waals surface area contributed by atoms with Crippen molar-refractivity contribution >= 4 is 33.0 Å². The van der Waals surface area contributed by atoms with Gasteiger partial charge in [0.05, 0.1) is 11.5 Å². The molecule has 1 heterocycles. The molecule has 1 saturated heterocycles. The van der Waals surface area contributed by atoms with E-state index in [0.29, 0.717) is 16.5 Å². The van der Waals surface area contributed by atoms with Gasteiger partial charge in [-0.2, -0.15) is 0 Å². The molecule has 2 unspecified atom stereocenters. The molecular weight excluding hydrogens is 293 g/mol. The Kier molecular flexibility index (Phi) is 4.22. The van der Waals surface area contributed by atoms with Crippen LogP contribution in [0.2, 0.25) is 10.0 Å². The molecule has 0 aliphatic carbocycles. The molecule has 1 aromatic carbocycles. The second kappa shape index (κ2) is 5.37. The summed E-state index contributed by atoms with van der Waals surface area (Å²) < 4.78 is 22.8. The van der Waals surface area contributed by atoms with Gasteiger partial charge in [0, 0.05) is 22.1 Å². The van der Waals surface area contributed by atoms with E-state index < -0.39 is 9.84 Å². The van der Waals surface area contributed by atoms with Crippen molar-refractivity contribution in [2.24, 2.45) is 0 Å². The summed E-state index contributed by atoms with van der Waals surface area (Å²) in [7, 11) is -2.86. The zero-order valence-electron chi connectivity index (χ0n) is 9.99. The van der Waals surface area contributed by atoms with Gasteiger partial charge in [-0.05, 0) is 31.0 Å². The second-order valence-electron chi connectivity index (χ2n) is 4.65. The quantitative estimate of drug-likeness (QED) is 0.934. The zero-order chi connectivity index (χ0) is 13.3. The Labute approximate surface area is 117 Å². The highest BCUT2D eigenvalue weighted by Crippen LogP contribution is 2.27. The van der Waals surface area contributed by atoms with Gasteiger partial charge < -0.3 is 5.32 Å². The first-order chi connectivity index (χ1) is 8.37. The lowest BCUT2D eigenvalue weighted by atomic mass is 10.1. The van der Waals surface area contributed by atoms with E-state index >= 15 is 0 Å². The molecule has 6 heteroatoms. The molecule has 0 spiro atoms. The van der Waals surface area contributed by atoms with Crippen molar-refractivity contribution in [1.29, 1.82) is 0 Å². The van der Waals surface area contributed by atoms with Crippen molar-refractivity contribution in [3.05, 3.63) is 33.8 Å². The Hall–Kier alpha value is -0.290. The first-order valence-corrected chi connectivity index (χ1v) is 8.36. The third kappa shape index (κ3) is 3.38. The third-order valence-electron chi connectivity index (χ3n) is 3.15. The van der Waals surface area contributed by atoms with Gasteiger partial charge in [-0.3, -0.25) is 0 Å². The maximum Gasteiger partial charge on any atom is 0.151 e. The normalized spacial score (nSPS) is 24.1. The van der Waals surface area contributed by atoms with Crippen LogP contribution in [0.25, 0.3) is 0 Å². The van der Waals surface area contributed by atoms with Crippen LogP contribution in [0.15, 0.2) is 18.2 Å². The van der Waals surface area contributed by atoms with Crippen LogP contribution in [0.1, 0.15) is 24.9 Å². The number of rotatable bonds is 3. The van der Waals surface area contributed by atoms with Crippen molar-refractivity contribution in [2.75, 3.05) is 11.5 Å². The molecule has 1 fully saturated rings. The van der Waals surface area contributed by atoms with Gasteiger partial charge in [0.15, 0.2) is 9.84 Å². The fraction of sp³-hybridized carbons (Fsp3) is 0.500. The monoisotopic (exact) mass is 307 g/mol. The summed E-state index contributed by atoms with van der Waals surface area (Å²) in [5.74, 6) is 0.480. The summed E-state index contributed by atoms with van der Waals surface area (Å²) >= 11 is 12.0. The van der Waals surface area contributed by atoms with Crippen LogP contribution in [0, 0.1) is 0 Å². The molecule has 0 bridgehead atoms. The molecule has 100 valence electrons. The maximum absolute atomic E-state index is 11.4. The van der Waals surface area contributed by atoms with Crippen LogP contribution in [-0.2, 0) is 9.84 Å². The molecule has 0 aromatic heterocycles. The predicted octanol–water partition coefficient (Wildman–Crippen LogP) is 2.83. The van der Waals surface area contributed by atoms with Crippen molar-refractivity contribution < 1.29 is 8.42 Å². The van der Waals surface area contributed by atoms with E-state index in [1.54, 1.807) is 12.1 Å². The smallest absolute Gasteiger partial charge is 0.151 e. The SMILES string of the molecule is CC(NC1CCS(=O)(=O)C1)c1ccc(Cl)cc1Cl. The Bertz CT molecular complexity index is 545. The molecule has 0 radical (unpaired) electrons. The summed E-state index contributed by atoms with van der Waals surface area (Å²) in [6.45, 7) is 1.97. The minimum Gasteiger partial charge on any atom is -0.306 e. The van der Waals surface area contributed by atoms with Gasteiger partial charge in [0.25, 0.3) is 0 Å². The highest BCUT2D eigenvalue weighted by atomic mass is 35.5. The molecule has 1 N–H and O–H groups in total. The van der Waals surface area contributed by atoms with E-state index in [1.165, 1.54) is 0 Å². The van der Waals surface area contributed by atoms with Crippen LogP contribution >= 0.6 is 23.2 Å². The maximum atomic E-state index is 11.4. The van der Waals surface area contributed by atoms with Gasteiger partial charge in [0.1, 0.15) is 0 Å². The highest BCUT2D eigenvalue weighted by molar-refractivity contribution is 7.91. The van der Waals surface area contributed by atoms with Crippen LogP contribution in [0.5, 0.6) is 0 Å². The summed E-state index contributed by atoms with van der Waals surface area (Å²) in [6, 6.07) is 5.37. The number of halogens is 2. The molecule has 18 heavy (non-hydrogen) atoms. The van der Waals surface area contributed by atoms with Gasteiger partial charge in [-0.1, -0.05) is 29.3 Å². The lowest BCUT2D eigenvalue weighted by Crippen LogP contribution is -2.32. The molecule has 3 nitrogen and oxygen atoms in total. The third-order valence-corrected chi connectivity index (χ3v) is 5.48. The highest BCUT2D eigenvalue weighted by Gasteiger charge is 2.29. The van der Waals surface area contributed by atoms with Crippen LogP contribution < -0.4 is 5.32 Å². The molecule has 0 saturated carbocycles. The molecule has 1 aliphatic heterocycles. The molecule has 2 rings (SSSR count). The topological polar surface area (TPSA) is 46.2 Å². The number of nitrogens with one attached hydrogen (secondary N) is 1. The van der Waals surface area contributed by atoms with Crippen LogP contribution in [0.4, 0.5) is 0 Å². The van der Waals surface area contributed by atoms with Gasteiger partial charge in [-0.15, -0.1) is 0 Å². The van der Waals surface area contributed by atoms with E-state index in [2.05, 4.69) is 5.32 Å². The molecule has 0 amide bonds. The second-order valence-corrected chi connectivity index (χ2v) is 7.73. The van der Waals surface area contributed by atoms with E-state index in [0.717, 1.165) is 5.56 Å². The number of benzene rings is 1. The minimum atomic E-state index is -2.86.